The highest BCUT2D eigenvalue weighted by Gasteiger charge is 2.13. The van der Waals surface area contributed by atoms with Crippen LogP contribution in [0.5, 0.6) is 0 Å². The largest absolute Gasteiger partial charge is 0.481 e. The monoisotopic (exact) mass is 430 g/mol. The van der Waals surface area contributed by atoms with E-state index in [1.54, 1.807) is 0 Å². The third-order valence-electron chi connectivity index (χ3n) is 4.60. The van der Waals surface area contributed by atoms with Crippen molar-refractivity contribution in [3.8, 4) is 11.8 Å². The van der Waals surface area contributed by atoms with Gasteiger partial charge in [-0.3, -0.25) is 4.79 Å². The van der Waals surface area contributed by atoms with Gasteiger partial charge in [-0.05, 0) is 49.8 Å². The van der Waals surface area contributed by atoms with E-state index in [1.165, 1.54) is 0 Å². The van der Waals surface area contributed by atoms with E-state index in [2.05, 4.69) is 40.0 Å². The number of carboxylic acid groups (broad SMARTS) is 1. The molecule has 0 saturated heterocycles. The molecule has 1 unspecified atom stereocenters. The van der Waals surface area contributed by atoms with E-state index in [9.17, 15) is 9.90 Å². The molecule has 2 aliphatic carbocycles. The molecular formula is C22H23ClN2O3S. The maximum absolute atomic E-state index is 10.8. The topological polar surface area (TPSA) is 86.2 Å². The van der Waals surface area contributed by atoms with Gasteiger partial charge in [-0.1, -0.05) is 53.4 Å². The van der Waals surface area contributed by atoms with Gasteiger partial charge in [0.2, 0.25) is 0 Å². The molecule has 0 saturated carbocycles. The molecule has 0 radical (unpaired) electrons. The Labute approximate surface area is 179 Å². The fraction of sp³-hybridized carbons (Fsp3) is 0.364. The summed E-state index contributed by atoms with van der Waals surface area (Å²) in [6, 6.07) is 0. The van der Waals surface area contributed by atoms with E-state index < -0.39 is 5.97 Å². The molecule has 7 heteroatoms. The van der Waals surface area contributed by atoms with Gasteiger partial charge in [0.1, 0.15) is 0 Å². The summed E-state index contributed by atoms with van der Waals surface area (Å²) in [6.07, 6.45) is 14.2. The lowest BCUT2D eigenvalue weighted by atomic mass is 9.97. The molecule has 29 heavy (non-hydrogen) atoms. The number of carbonyl (C=O) groups is 1. The van der Waals surface area contributed by atoms with Crippen molar-refractivity contribution in [3.05, 3.63) is 45.8 Å². The highest BCUT2D eigenvalue weighted by molar-refractivity contribution is 7.99. The number of carboxylic acids is 1. The Morgan fingerprint density at radius 3 is 3.00 bits per heavy atom. The number of fused-ring (bicyclic) bond motifs is 1. The molecule has 1 aromatic rings. The second kappa shape index (κ2) is 10.5. The molecule has 0 aromatic carbocycles. The maximum atomic E-state index is 10.8. The van der Waals surface area contributed by atoms with Gasteiger partial charge >= 0.3 is 5.97 Å². The van der Waals surface area contributed by atoms with E-state index in [4.69, 9.17) is 16.7 Å². The van der Waals surface area contributed by atoms with Gasteiger partial charge in [-0.15, -0.1) is 0 Å². The number of aliphatic carboxylic acids is 1. The lowest BCUT2D eigenvalue weighted by molar-refractivity contribution is -0.133. The molecule has 152 valence electrons. The summed E-state index contributed by atoms with van der Waals surface area (Å²) in [5.74, 6) is 5.79. The molecule has 0 aliphatic heterocycles. The van der Waals surface area contributed by atoms with Crippen molar-refractivity contribution >= 4 is 41.5 Å². The zero-order valence-corrected chi connectivity index (χ0v) is 17.5. The number of aromatic nitrogens is 2. The molecule has 0 amide bonds. The van der Waals surface area contributed by atoms with Crippen molar-refractivity contribution in [2.75, 3.05) is 12.4 Å². The molecular weight excluding hydrogens is 408 g/mol. The predicted octanol–water partition coefficient (Wildman–Crippen LogP) is 4.62. The molecule has 1 atom stereocenters. The number of imidazole rings is 1. The second-order valence-corrected chi connectivity index (χ2v) is 8.33. The maximum Gasteiger partial charge on any atom is 0.313 e. The summed E-state index contributed by atoms with van der Waals surface area (Å²) in [7, 11) is 0. The molecule has 0 bridgehead atoms. The minimum atomic E-state index is -0.889. The molecule has 3 N–H and O–H groups in total. The summed E-state index contributed by atoms with van der Waals surface area (Å²) < 4.78 is 0. The number of halogens is 1. The molecule has 0 fully saturated rings. The summed E-state index contributed by atoms with van der Waals surface area (Å²) in [5.41, 5.74) is 3.51. The highest BCUT2D eigenvalue weighted by atomic mass is 35.5. The third-order valence-corrected chi connectivity index (χ3v) is 5.76. The number of hydrogen-bond acceptors (Lipinski definition) is 4. The van der Waals surface area contributed by atoms with Gasteiger partial charge in [0.15, 0.2) is 5.16 Å². The van der Waals surface area contributed by atoms with Gasteiger partial charge in [-0.2, -0.15) is 0 Å². The van der Waals surface area contributed by atoms with E-state index >= 15 is 0 Å². The van der Waals surface area contributed by atoms with E-state index in [0.717, 1.165) is 54.3 Å². The Morgan fingerprint density at radius 2 is 2.21 bits per heavy atom. The number of thioether (sulfide) groups is 1. The highest BCUT2D eigenvalue weighted by Crippen LogP contribution is 2.27. The van der Waals surface area contributed by atoms with Crippen LogP contribution in [-0.4, -0.2) is 38.5 Å². The van der Waals surface area contributed by atoms with Crippen LogP contribution in [0.4, 0.5) is 0 Å². The van der Waals surface area contributed by atoms with E-state index in [0.29, 0.717) is 22.3 Å². The number of aliphatic hydroxyl groups is 1. The fourth-order valence-electron chi connectivity index (χ4n) is 3.05. The number of nitrogens with zero attached hydrogens (tertiary/aromatic N) is 1. The Bertz CT molecular complexity index is 947. The van der Waals surface area contributed by atoms with Gasteiger partial charge in [-0.25, -0.2) is 4.98 Å². The van der Waals surface area contributed by atoms with Crippen molar-refractivity contribution < 1.29 is 15.0 Å². The normalized spacial score (nSPS) is 22.8. The SMILES string of the molecule is O=C(O)CSc1nc2c([nH]1)/C=C(/C#CC1C=CCCC(CO)=CC1)CC/C(Cl)=C\2. The van der Waals surface area contributed by atoms with Gasteiger partial charge in [0.05, 0.1) is 23.7 Å². The van der Waals surface area contributed by atoms with Crippen LogP contribution in [0.15, 0.2) is 39.6 Å². The van der Waals surface area contributed by atoms with Crippen molar-refractivity contribution in [3.63, 3.8) is 0 Å². The van der Waals surface area contributed by atoms with Crippen molar-refractivity contribution in [1.82, 2.24) is 9.97 Å². The molecule has 2 aliphatic rings. The number of aliphatic hydroxyl groups excluding tert-OH is 1. The second-order valence-electron chi connectivity index (χ2n) is 6.88. The number of allylic oxidation sites excluding steroid dienone is 5. The van der Waals surface area contributed by atoms with Gasteiger partial charge in [0.25, 0.3) is 0 Å². The van der Waals surface area contributed by atoms with Gasteiger partial charge < -0.3 is 15.2 Å². The number of nitrogens with one attached hydrogen (secondary N) is 1. The number of aromatic amines is 1. The lowest BCUT2D eigenvalue weighted by Crippen LogP contribution is -1.98. The molecule has 1 heterocycles. The predicted molar refractivity (Wildman–Crippen MR) is 117 cm³/mol. The summed E-state index contributed by atoms with van der Waals surface area (Å²) in [6.45, 7) is 0.106. The zero-order chi connectivity index (χ0) is 20.6. The minimum absolute atomic E-state index is 0.0580. The van der Waals surface area contributed by atoms with Crippen LogP contribution >= 0.6 is 23.4 Å². The first-order valence-electron chi connectivity index (χ1n) is 9.51. The molecule has 3 rings (SSSR count). The quantitative estimate of drug-likeness (QED) is 0.368. The van der Waals surface area contributed by atoms with Crippen molar-refractivity contribution in [1.29, 1.82) is 0 Å². The standard InChI is InChI=1S/C22H23ClN2O3S/c23-18-10-9-16(7-5-15-3-1-2-4-17(13-26)8-6-15)11-19-20(12-18)25-22(24-19)29-14-21(27)28/h1,3,8,11-12,15,26H,2,4,6,9-10,13-14H2,(H,24,25)(H,27,28)/b3-1?,16-11-,17-8?,18-12+. The minimum Gasteiger partial charge on any atom is -0.481 e. The number of hydrogen-bond donors (Lipinski definition) is 3. The van der Waals surface area contributed by atoms with E-state index in [-0.39, 0.29) is 18.3 Å². The summed E-state index contributed by atoms with van der Waals surface area (Å²) in [4.78, 5) is 18.4. The first-order valence-corrected chi connectivity index (χ1v) is 10.9. The fourth-order valence-corrected chi connectivity index (χ4v) is 3.86. The Balaban J connectivity index is 1.82. The van der Waals surface area contributed by atoms with Crippen LogP contribution in [0, 0.1) is 17.8 Å². The average molecular weight is 431 g/mol. The number of H-pyrrole nitrogens is 1. The van der Waals surface area contributed by atoms with Crippen LogP contribution in [-0.2, 0) is 4.79 Å². The zero-order valence-electron chi connectivity index (χ0n) is 15.9. The van der Waals surface area contributed by atoms with Crippen LogP contribution in [0.25, 0.3) is 12.2 Å². The third kappa shape index (κ3) is 6.67. The summed E-state index contributed by atoms with van der Waals surface area (Å²) >= 11 is 7.47. The lowest BCUT2D eigenvalue weighted by Gasteiger charge is -2.09. The average Bonchev–Trinajstić information content (AvgIpc) is 3.03. The van der Waals surface area contributed by atoms with Crippen LogP contribution < -0.4 is 0 Å². The number of rotatable bonds is 4. The molecule has 1 aromatic heterocycles. The first kappa shape index (κ1) is 21.5. The Morgan fingerprint density at radius 1 is 1.34 bits per heavy atom. The van der Waals surface area contributed by atoms with Crippen LogP contribution in [0.3, 0.4) is 0 Å². The van der Waals surface area contributed by atoms with Gasteiger partial charge in [0, 0.05) is 16.5 Å². The Hall–Kier alpha value is -2.20. The van der Waals surface area contributed by atoms with E-state index in [1.807, 2.05) is 12.2 Å². The summed E-state index contributed by atoms with van der Waals surface area (Å²) in [5, 5.41) is 19.5. The van der Waals surface area contributed by atoms with Crippen molar-refractivity contribution in [2.24, 2.45) is 5.92 Å². The van der Waals surface area contributed by atoms with Crippen molar-refractivity contribution in [2.45, 2.75) is 37.3 Å². The smallest absolute Gasteiger partial charge is 0.313 e. The van der Waals surface area contributed by atoms with Crippen LogP contribution in [0.1, 0.15) is 43.5 Å². The Kier molecular flexibility index (Phi) is 7.82. The molecule has 5 nitrogen and oxygen atoms in total. The van der Waals surface area contributed by atoms with Crippen LogP contribution in [0.2, 0.25) is 0 Å². The molecule has 0 spiro atoms. The first-order chi connectivity index (χ1) is 14.0.